The zero-order valence-electron chi connectivity index (χ0n) is 12.5. The van der Waals surface area contributed by atoms with Crippen molar-refractivity contribution in [3.05, 3.63) is 29.8 Å². The second-order valence-electron chi connectivity index (χ2n) is 5.69. The second kappa shape index (κ2) is 7.32. The van der Waals surface area contributed by atoms with Crippen molar-refractivity contribution >= 4 is 5.91 Å². The Morgan fingerprint density at radius 2 is 1.95 bits per heavy atom. The van der Waals surface area contributed by atoms with Crippen LogP contribution in [0.25, 0.3) is 0 Å². The van der Waals surface area contributed by atoms with Gasteiger partial charge < -0.3 is 10.1 Å². The van der Waals surface area contributed by atoms with E-state index in [1.807, 2.05) is 31.2 Å². The standard InChI is InChI=1S/C17H25NO2/c1-3-20-15-10-8-14(9-11-15)12-17(19)18-16-7-5-4-6-13(16)2/h8-11,13,16H,3-7,12H2,1-2H3,(H,18,19). The Morgan fingerprint density at radius 3 is 2.60 bits per heavy atom. The van der Waals surface area contributed by atoms with E-state index in [0.717, 1.165) is 17.7 Å². The highest BCUT2D eigenvalue weighted by molar-refractivity contribution is 5.78. The SMILES string of the molecule is CCOc1ccc(CC(=O)NC2CCCCC2C)cc1. The normalized spacial score (nSPS) is 22.3. The van der Waals surface area contributed by atoms with Crippen LogP contribution in [0.1, 0.15) is 45.1 Å². The molecule has 0 bridgehead atoms. The van der Waals surface area contributed by atoms with Gasteiger partial charge in [0.1, 0.15) is 5.75 Å². The summed E-state index contributed by atoms with van der Waals surface area (Å²) in [5.74, 6) is 1.60. The van der Waals surface area contributed by atoms with Crippen molar-refractivity contribution in [2.24, 2.45) is 5.92 Å². The summed E-state index contributed by atoms with van der Waals surface area (Å²) in [7, 11) is 0. The molecule has 0 saturated heterocycles. The van der Waals surface area contributed by atoms with Crippen LogP contribution in [0, 0.1) is 5.92 Å². The Labute approximate surface area is 121 Å². The van der Waals surface area contributed by atoms with E-state index in [1.54, 1.807) is 0 Å². The first-order valence-corrected chi connectivity index (χ1v) is 7.70. The van der Waals surface area contributed by atoms with Gasteiger partial charge in [0.25, 0.3) is 0 Å². The molecule has 1 aromatic carbocycles. The lowest BCUT2D eigenvalue weighted by Crippen LogP contribution is -2.41. The monoisotopic (exact) mass is 275 g/mol. The average Bonchev–Trinajstić information content (AvgIpc) is 2.44. The number of carbonyl (C=O) groups excluding carboxylic acids is 1. The van der Waals surface area contributed by atoms with Gasteiger partial charge in [-0.05, 0) is 43.4 Å². The molecule has 3 heteroatoms. The van der Waals surface area contributed by atoms with Gasteiger partial charge in [-0.1, -0.05) is 31.9 Å². The number of carbonyl (C=O) groups is 1. The molecule has 110 valence electrons. The highest BCUT2D eigenvalue weighted by Gasteiger charge is 2.22. The molecular weight excluding hydrogens is 250 g/mol. The molecule has 0 radical (unpaired) electrons. The van der Waals surface area contributed by atoms with Gasteiger partial charge in [0.05, 0.1) is 13.0 Å². The van der Waals surface area contributed by atoms with E-state index in [1.165, 1.54) is 19.3 Å². The van der Waals surface area contributed by atoms with Gasteiger partial charge in [-0.15, -0.1) is 0 Å². The van der Waals surface area contributed by atoms with Crippen molar-refractivity contribution in [3.8, 4) is 5.75 Å². The Morgan fingerprint density at radius 1 is 1.25 bits per heavy atom. The fraction of sp³-hybridized carbons (Fsp3) is 0.588. The zero-order valence-corrected chi connectivity index (χ0v) is 12.5. The number of rotatable bonds is 5. The topological polar surface area (TPSA) is 38.3 Å². The quantitative estimate of drug-likeness (QED) is 0.895. The molecule has 1 N–H and O–H groups in total. The van der Waals surface area contributed by atoms with Crippen molar-refractivity contribution in [2.75, 3.05) is 6.61 Å². The molecule has 1 saturated carbocycles. The maximum atomic E-state index is 12.1. The average molecular weight is 275 g/mol. The fourth-order valence-electron chi connectivity index (χ4n) is 2.84. The lowest BCUT2D eigenvalue weighted by Gasteiger charge is -2.29. The molecule has 0 spiro atoms. The zero-order chi connectivity index (χ0) is 14.4. The molecule has 0 heterocycles. The first-order valence-electron chi connectivity index (χ1n) is 7.70. The number of ether oxygens (including phenoxy) is 1. The predicted molar refractivity (Wildman–Crippen MR) is 80.9 cm³/mol. The van der Waals surface area contributed by atoms with Gasteiger partial charge in [-0.3, -0.25) is 4.79 Å². The summed E-state index contributed by atoms with van der Waals surface area (Å²) >= 11 is 0. The van der Waals surface area contributed by atoms with E-state index in [9.17, 15) is 4.79 Å². The van der Waals surface area contributed by atoms with Crippen LogP contribution in [0.15, 0.2) is 24.3 Å². The smallest absolute Gasteiger partial charge is 0.224 e. The summed E-state index contributed by atoms with van der Waals surface area (Å²) in [6.45, 7) is 4.87. The maximum Gasteiger partial charge on any atom is 0.224 e. The summed E-state index contributed by atoms with van der Waals surface area (Å²) in [6, 6.07) is 8.15. The van der Waals surface area contributed by atoms with Crippen molar-refractivity contribution in [1.82, 2.24) is 5.32 Å². The molecule has 1 aliphatic carbocycles. The van der Waals surface area contributed by atoms with Crippen LogP contribution >= 0.6 is 0 Å². The minimum Gasteiger partial charge on any atom is -0.494 e. The number of amides is 1. The third-order valence-corrected chi connectivity index (χ3v) is 4.06. The molecule has 1 fully saturated rings. The van der Waals surface area contributed by atoms with Crippen molar-refractivity contribution in [2.45, 2.75) is 52.0 Å². The van der Waals surface area contributed by atoms with Gasteiger partial charge in [0.15, 0.2) is 0 Å². The van der Waals surface area contributed by atoms with Gasteiger partial charge >= 0.3 is 0 Å². The molecule has 2 atom stereocenters. The number of benzene rings is 1. The molecule has 0 aliphatic heterocycles. The van der Waals surface area contributed by atoms with E-state index < -0.39 is 0 Å². The van der Waals surface area contributed by atoms with Gasteiger partial charge in [-0.25, -0.2) is 0 Å². The summed E-state index contributed by atoms with van der Waals surface area (Å²) in [6.07, 6.45) is 5.34. The Balaban J connectivity index is 1.84. The number of nitrogens with one attached hydrogen (secondary N) is 1. The number of hydrogen-bond acceptors (Lipinski definition) is 2. The Hall–Kier alpha value is -1.51. The van der Waals surface area contributed by atoms with Crippen LogP contribution in [-0.4, -0.2) is 18.6 Å². The third kappa shape index (κ3) is 4.26. The highest BCUT2D eigenvalue weighted by Crippen LogP contribution is 2.23. The van der Waals surface area contributed by atoms with E-state index in [-0.39, 0.29) is 5.91 Å². The minimum absolute atomic E-state index is 0.132. The lowest BCUT2D eigenvalue weighted by molar-refractivity contribution is -0.121. The first kappa shape index (κ1) is 14.9. The third-order valence-electron chi connectivity index (χ3n) is 4.06. The molecule has 2 rings (SSSR count). The second-order valence-corrected chi connectivity index (χ2v) is 5.69. The Kier molecular flexibility index (Phi) is 5.45. The predicted octanol–water partition coefficient (Wildman–Crippen LogP) is 3.32. The van der Waals surface area contributed by atoms with E-state index in [0.29, 0.717) is 25.0 Å². The van der Waals surface area contributed by atoms with Crippen LogP contribution < -0.4 is 10.1 Å². The molecular formula is C17H25NO2. The molecule has 2 unspecified atom stereocenters. The molecule has 3 nitrogen and oxygen atoms in total. The first-order chi connectivity index (χ1) is 9.69. The Bertz CT molecular complexity index is 427. The van der Waals surface area contributed by atoms with Crippen LogP contribution in [0.3, 0.4) is 0 Å². The lowest BCUT2D eigenvalue weighted by atomic mass is 9.86. The van der Waals surface area contributed by atoms with Crippen LogP contribution in [-0.2, 0) is 11.2 Å². The van der Waals surface area contributed by atoms with Gasteiger partial charge in [0.2, 0.25) is 5.91 Å². The van der Waals surface area contributed by atoms with E-state index >= 15 is 0 Å². The van der Waals surface area contributed by atoms with E-state index in [4.69, 9.17) is 4.74 Å². The summed E-state index contributed by atoms with van der Waals surface area (Å²) < 4.78 is 5.40. The summed E-state index contributed by atoms with van der Waals surface area (Å²) in [5, 5.41) is 3.19. The maximum absolute atomic E-state index is 12.1. The van der Waals surface area contributed by atoms with Crippen molar-refractivity contribution in [1.29, 1.82) is 0 Å². The summed E-state index contributed by atoms with van der Waals surface area (Å²) in [4.78, 5) is 12.1. The van der Waals surface area contributed by atoms with Gasteiger partial charge in [0, 0.05) is 6.04 Å². The van der Waals surface area contributed by atoms with Crippen LogP contribution in [0.5, 0.6) is 5.75 Å². The molecule has 1 aromatic rings. The van der Waals surface area contributed by atoms with Gasteiger partial charge in [-0.2, -0.15) is 0 Å². The molecule has 1 amide bonds. The van der Waals surface area contributed by atoms with Crippen LogP contribution in [0.2, 0.25) is 0 Å². The molecule has 1 aliphatic rings. The highest BCUT2D eigenvalue weighted by atomic mass is 16.5. The fourth-order valence-corrected chi connectivity index (χ4v) is 2.84. The van der Waals surface area contributed by atoms with E-state index in [2.05, 4.69) is 12.2 Å². The largest absolute Gasteiger partial charge is 0.494 e. The van der Waals surface area contributed by atoms with Crippen molar-refractivity contribution < 1.29 is 9.53 Å². The molecule has 0 aromatic heterocycles. The van der Waals surface area contributed by atoms with Crippen molar-refractivity contribution in [3.63, 3.8) is 0 Å². The van der Waals surface area contributed by atoms with Crippen LogP contribution in [0.4, 0.5) is 0 Å². The summed E-state index contributed by atoms with van der Waals surface area (Å²) in [5.41, 5.74) is 1.04. The minimum atomic E-state index is 0.132. The number of hydrogen-bond donors (Lipinski definition) is 1. The molecule has 20 heavy (non-hydrogen) atoms.